The van der Waals surface area contributed by atoms with Crippen molar-refractivity contribution in [2.75, 3.05) is 19.0 Å². The van der Waals surface area contributed by atoms with Crippen LogP contribution in [0.25, 0.3) is 11.1 Å². The molecule has 1 aromatic heterocycles. The van der Waals surface area contributed by atoms with E-state index in [-0.39, 0.29) is 23.9 Å². The molecule has 0 spiro atoms. The second-order valence-corrected chi connectivity index (χ2v) is 8.71. The summed E-state index contributed by atoms with van der Waals surface area (Å²) < 4.78 is 6.84. The summed E-state index contributed by atoms with van der Waals surface area (Å²) in [6.07, 6.45) is 0.597. The summed E-state index contributed by atoms with van der Waals surface area (Å²) in [5, 5.41) is 16.1. The van der Waals surface area contributed by atoms with Gasteiger partial charge in [0.1, 0.15) is 17.8 Å². The average molecular weight is 463 g/mol. The van der Waals surface area contributed by atoms with E-state index in [9.17, 15) is 19.5 Å². The molecule has 0 aliphatic heterocycles. The second kappa shape index (κ2) is 8.66. The monoisotopic (exact) mass is 462 g/mol. The first-order chi connectivity index (χ1) is 16.1. The standard InChI is InChI=1S/C25H26N4O5/c1-25(2,23(31)32)28(3)22(30)21-20(13-26-29(21)4)27-24(33)34-14-19-17-11-7-5-9-15(17)16-10-6-8-12-18(16)19/h5-13,19H,14H2,1-4H3,(H,27,33)(H,31,32). The number of hydrogen-bond acceptors (Lipinski definition) is 5. The van der Waals surface area contributed by atoms with Gasteiger partial charge in [-0.1, -0.05) is 48.5 Å². The number of carboxylic acids is 1. The van der Waals surface area contributed by atoms with Gasteiger partial charge in [-0.3, -0.25) is 14.8 Å². The minimum absolute atomic E-state index is 0.0466. The van der Waals surface area contributed by atoms with Gasteiger partial charge < -0.3 is 14.7 Å². The van der Waals surface area contributed by atoms with Crippen LogP contribution in [0, 0.1) is 0 Å². The van der Waals surface area contributed by atoms with E-state index in [1.165, 1.54) is 38.8 Å². The maximum absolute atomic E-state index is 13.0. The fraction of sp³-hybridized carbons (Fsp3) is 0.280. The number of fused-ring (bicyclic) bond motifs is 3. The number of nitrogens with one attached hydrogen (secondary N) is 1. The molecule has 3 aromatic rings. The van der Waals surface area contributed by atoms with E-state index in [2.05, 4.69) is 22.5 Å². The number of rotatable bonds is 6. The molecule has 176 valence electrons. The zero-order valence-corrected chi connectivity index (χ0v) is 19.4. The second-order valence-electron chi connectivity index (χ2n) is 8.71. The Morgan fingerprint density at radius 2 is 1.65 bits per heavy atom. The lowest BCUT2D eigenvalue weighted by molar-refractivity contribution is -0.147. The number of anilines is 1. The number of aromatic nitrogens is 2. The number of aryl methyl sites for hydroxylation is 1. The summed E-state index contributed by atoms with van der Waals surface area (Å²) >= 11 is 0. The quantitative estimate of drug-likeness (QED) is 0.577. The molecule has 0 radical (unpaired) electrons. The highest BCUT2D eigenvalue weighted by atomic mass is 16.5. The molecule has 0 saturated heterocycles. The molecule has 0 fully saturated rings. The fourth-order valence-electron chi connectivity index (χ4n) is 4.08. The number of likely N-dealkylation sites (N-methyl/N-ethyl adjacent to an activating group) is 1. The molecule has 1 heterocycles. The van der Waals surface area contributed by atoms with Crippen molar-refractivity contribution in [3.63, 3.8) is 0 Å². The highest BCUT2D eigenvalue weighted by Gasteiger charge is 2.37. The predicted molar refractivity (Wildman–Crippen MR) is 126 cm³/mol. The molecule has 1 aliphatic carbocycles. The predicted octanol–water partition coefficient (Wildman–Crippen LogP) is 3.72. The van der Waals surface area contributed by atoms with Crippen molar-refractivity contribution < 1.29 is 24.2 Å². The minimum Gasteiger partial charge on any atom is -0.480 e. The lowest BCUT2D eigenvalue weighted by Gasteiger charge is -2.31. The van der Waals surface area contributed by atoms with Gasteiger partial charge in [0.15, 0.2) is 0 Å². The molecular weight excluding hydrogens is 436 g/mol. The number of carboxylic acid groups (broad SMARTS) is 1. The molecule has 0 atom stereocenters. The zero-order valence-electron chi connectivity index (χ0n) is 19.4. The van der Waals surface area contributed by atoms with Gasteiger partial charge in [0.05, 0.1) is 11.9 Å². The molecule has 2 N–H and O–H groups in total. The Kier molecular flexibility index (Phi) is 5.87. The van der Waals surface area contributed by atoms with Crippen LogP contribution in [0.1, 0.15) is 41.4 Å². The Balaban J connectivity index is 1.49. The van der Waals surface area contributed by atoms with Crippen LogP contribution in [0.2, 0.25) is 0 Å². The van der Waals surface area contributed by atoms with Gasteiger partial charge in [-0.25, -0.2) is 9.59 Å². The summed E-state index contributed by atoms with van der Waals surface area (Å²) in [4.78, 5) is 38.4. The topological polar surface area (TPSA) is 114 Å². The largest absolute Gasteiger partial charge is 0.480 e. The van der Waals surface area contributed by atoms with Gasteiger partial charge in [-0.05, 0) is 36.1 Å². The summed E-state index contributed by atoms with van der Waals surface area (Å²) in [6, 6.07) is 16.0. The normalized spacial score (nSPS) is 12.6. The van der Waals surface area contributed by atoms with E-state index in [4.69, 9.17) is 4.74 Å². The molecule has 0 bridgehead atoms. The third-order valence-corrected chi connectivity index (χ3v) is 6.39. The Bertz CT molecular complexity index is 1230. The van der Waals surface area contributed by atoms with Crippen molar-refractivity contribution in [3.05, 3.63) is 71.5 Å². The number of ether oxygens (including phenoxy) is 1. The van der Waals surface area contributed by atoms with Crippen molar-refractivity contribution in [3.8, 4) is 11.1 Å². The van der Waals surface area contributed by atoms with E-state index >= 15 is 0 Å². The number of aliphatic carboxylic acids is 1. The first kappa shape index (κ1) is 23.0. The van der Waals surface area contributed by atoms with Crippen LogP contribution in [-0.2, 0) is 16.6 Å². The highest BCUT2D eigenvalue weighted by Crippen LogP contribution is 2.44. The molecule has 0 saturated carbocycles. The van der Waals surface area contributed by atoms with Crippen LogP contribution >= 0.6 is 0 Å². The van der Waals surface area contributed by atoms with Gasteiger partial charge in [0, 0.05) is 20.0 Å². The molecule has 1 aliphatic rings. The number of carbonyl (C=O) groups excluding carboxylic acids is 2. The summed E-state index contributed by atoms with van der Waals surface area (Å²) in [7, 11) is 2.93. The summed E-state index contributed by atoms with van der Waals surface area (Å²) in [5.74, 6) is -1.85. The van der Waals surface area contributed by atoms with E-state index in [1.807, 2.05) is 36.4 Å². The van der Waals surface area contributed by atoms with Crippen molar-refractivity contribution in [2.45, 2.75) is 25.3 Å². The third-order valence-electron chi connectivity index (χ3n) is 6.39. The van der Waals surface area contributed by atoms with E-state index in [0.29, 0.717) is 0 Å². The van der Waals surface area contributed by atoms with Crippen LogP contribution in [0.3, 0.4) is 0 Å². The van der Waals surface area contributed by atoms with Gasteiger partial charge in [0.2, 0.25) is 0 Å². The smallest absolute Gasteiger partial charge is 0.411 e. The molecule has 34 heavy (non-hydrogen) atoms. The van der Waals surface area contributed by atoms with E-state index in [1.54, 1.807) is 0 Å². The molecule has 9 nitrogen and oxygen atoms in total. The van der Waals surface area contributed by atoms with Gasteiger partial charge >= 0.3 is 12.1 Å². The minimum atomic E-state index is -1.46. The van der Waals surface area contributed by atoms with Crippen LogP contribution in [-0.4, -0.2) is 57.0 Å². The number of carbonyl (C=O) groups is 3. The maximum atomic E-state index is 13.0. The molecule has 0 unspecified atom stereocenters. The maximum Gasteiger partial charge on any atom is 0.411 e. The Morgan fingerprint density at radius 3 is 2.21 bits per heavy atom. The van der Waals surface area contributed by atoms with Gasteiger partial charge in [0.25, 0.3) is 5.91 Å². The van der Waals surface area contributed by atoms with Gasteiger partial charge in [-0.15, -0.1) is 0 Å². The number of amides is 2. The Morgan fingerprint density at radius 1 is 1.09 bits per heavy atom. The highest BCUT2D eigenvalue weighted by molar-refractivity contribution is 6.02. The first-order valence-electron chi connectivity index (χ1n) is 10.8. The molecule has 4 rings (SSSR count). The van der Waals surface area contributed by atoms with Crippen molar-refractivity contribution in [1.29, 1.82) is 0 Å². The number of nitrogens with zero attached hydrogens (tertiary/aromatic N) is 3. The van der Waals surface area contributed by atoms with Gasteiger partial charge in [-0.2, -0.15) is 5.10 Å². The SMILES string of the molecule is CN(C(=O)c1c(NC(=O)OCC2c3ccccc3-c3ccccc32)cnn1C)C(C)(C)C(=O)O. The van der Waals surface area contributed by atoms with E-state index < -0.39 is 23.5 Å². The molecule has 2 amide bonds. The Hall–Kier alpha value is -4.14. The average Bonchev–Trinajstić information content (AvgIpc) is 3.34. The van der Waals surface area contributed by atoms with Crippen LogP contribution in [0.15, 0.2) is 54.7 Å². The molecule has 2 aromatic carbocycles. The van der Waals surface area contributed by atoms with Crippen LogP contribution in [0.5, 0.6) is 0 Å². The number of benzene rings is 2. The van der Waals surface area contributed by atoms with Crippen LogP contribution in [0.4, 0.5) is 10.5 Å². The lowest BCUT2D eigenvalue weighted by atomic mass is 9.98. The summed E-state index contributed by atoms with van der Waals surface area (Å²) in [6.45, 7) is 2.96. The third kappa shape index (κ3) is 3.89. The van der Waals surface area contributed by atoms with Crippen molar-refractivity contribution >= 4 is 23.7 Å². The zero-order chi connectivity index (χ0) is 24.6. The molecule has 9 heteroatoms. The van der Waals surface area contributed by atoms with E-state index in [0.717, 1.165) is 27.2 Å². The first-order valence-corrected chi connectivity index (χ1v) is 10.8. The van der Waals surface area contributed by atoms with Crippen LogP contribution < -0.4 is 5.32 Å². The fourth-order valence-corrected chi connectivity index (χ4v) is 4.08. The lowest BCUT2D eigenvalue weighted by Crippen LogP contribution is -2.51. The van der Waals surface area contributed by atoms with Crippen molar-refractivity contribution in [2.24, 2.45) is 7.05 Å². The summed E-state index contributed by atoms with van der Waals surface area (Å²) in [5.41, 5.74) is 3.15. The Labute approximate surface area is 196 Å². The molecular formula is C25H26N4O5. The van der Waals surface area contributed by atoms with Crippen molar-refractivity contribution in [1.82, 2.24) is 14.7 Å². The number of hydrogen-bond donors (Lipinski definition) is 2.